The van der Waals surface area contributed by atoms with E-state index in [0.717, 1.165) is 0 Å². The van der Waals surface area contributed by atoms with Crippen molar-refractivity contribution in [2.45, 2.75) is 0 Å². The van der Waals surface area contributed by atoms with Gasteiger partial charge in [0.25, 0.3) is 0 Å². The lowest BCUT2D eigenvalue weighted by atomic mass is 10.5. The number of pyridine rings is 1. The Morgan fingerprint density at radius 3 is 2.23 bits per heavy atom. The molecule has 0 amide bonds. The number of carbonyl (C=O) groups is 1. The molecule has 2 heterocycles. The Morgan fingerprint density at radius 2 is 2.00 bits per heavy atom. The summed E-state index contributed by atoms with van der Waals surface area (Å²) in [6.45, 7) is 0. The van der Waals surface area contributed by atoms with Gasteiger partial charge in [-0.2, -0.15) is 0 Å². The maximum absolute atomic E-state index is 9.75. The highest BCUT2D eigenvalue weighted by atomic mass is 16.5. The predicted molar refractivity (Wildman–Crippen MR) is 46.1 cm³/mol. The van der Waals surface area contributed by atoms with Crippen LogP contribution in [0.4, 0.5) is 0 Å². The molecule has 0 N–H and O–H groups in total. The van der Waals surface area contributed by atoms with Crippen LogP contribution in [0.5, 0.6) is 0 Å². The van der Waals surface area contributed by atoms with Gasteiger partial charge in [0, 0.05) is 18.5 Å². The fourth-order valence-corrected chi connectivity index (χ4v) is 0.595. The molecule has 0 aliphatic heterocycles. The van der Waals surface area contributed by atoms with E-state index in [0.29, 0.717) is 12.0 Å². The Hall–Kier alpha value is -1.97. The number of hydrogen-bond donors (Lipinski definition) is 0. The monoisotopic (exact) mass is 176 g/mol. The van der Waals surface area contributed by atoms with Crippen LogP contribution in [0.15, 0.2) is 47.4 Å². The molecule has 2 rings (SSSR count). The van der Waals surface area contributed by atoms with Gasteiger partial charge in [0.1, 0.15) is 12.0 Å². The third-order valence-corrected chi connectivity index (χ3v) is 1.15. The van der Waals surface area contributed by atoms with Gasteiger partial charge in [-0.1, -0.05) is 11.2 Å². The van der Waals surface area contributed by atoms with Gasteiger partial charge in [-0.15, -0.1) is 0 Å². The summed E-state index contributed by atoms with van der Waals surface area (Å²) in [6, 6.07) is 7.21. The van der Waals surface area contributed by atoms with E-state index in [-0.39, 0.29) is 0 Å². The van der Waals surface area contributed by atoms with Crippen molar-refractivity contribution in [2.24, 2.45) is 0 Å². The van der Waals surface area contributed by atoms with Crippen LogP contribution in [0, 0.1) is 0 Å². The van der Waals surface area contributed by atoms with Crippen LogP contribution in [0.2, 0.25) is 0 Å². The topological polar surface area (TPSA) is 56.0 Å². The van der Waals surface area contributed by atoms with Gasteiger partial charge < -0.3 is 4.52 Å². The second kappa shape index (κ2) is 5.65. The first-order chi connectivity index (χ1) is 6.43. The number of aromatic nitrogens is 2. The molecule has 0 spiro atoms. The van der Waals surface area contributed by atoms with E-state index < -0.39 is 0 Å². The highest BCUT2D eigenvalue weighted by Gasteiger charge is 1.86. The lowest BCUT2D eigenvalue weighted by molar-refractivity contribution is 0.111. The van der Waals surface area contributed by atoms with E-state index in [2.05, 4.69) is 14.7 Å². The number of aldehydes is 1. The van der Waals surface area contributed by atoms with Gasteiger partial charge >= 0.3 is 0 Å². The summed E-state index contributed by atoms with van der Waals surface area (Å²) in [5.41, 5.74) is 0.333. The average Bonchev–Trinajstić information content (AvgIpc) is 2.74. The smallest absolute Gasteiger partial charge is 0.171 e. The molecule has 13 heavy (non-hydrogen) atoms. The molecule has 0 aliphatic carbocycles. The van der Waals surface area contributed by atoms with Crippen molar-refractivity contribution in [3.63, 3.8) is 0 Å². The lowest BCUT2D eigenvalue weighted by Gasteiger charge is -1.70. The van der Waals surface area contributed by atoms with Gasteiger partial charge in [0.2, 0.25) is 0 Å². The van der Waals surface area contributed by atoms with Crippen molar-refractivity contribution >= 4 is 6.29 Å². The minimum atomic E-state index is 0.333. The highest BCUT2D eigenvalue weighted by molar-refractivity contribution is 5.70. The maximum atomic E-state index is 9.75. The number of hydrogen-bond acceptors (Lipinski definition) is 4. The van der Waals surface area contributed by atoms with Crippen molar-refractivity contribution < 1.29 is 9.32 Å². The molecular formula is C9H8N2O2. The molecule has 66 valence electrons. The number of carbonyl (C=O) groups excluding carboxylic acids is 1. The third-order valence-electron chi connectivity index (χ3n) is 1.15. The Morgan fingerprint density at radius 1 is 1.23 bits per heavy atom. The van der Waals surface area contributed by atoms with Crippen molar-refractivity contribution in [3.8, 4) is 0 Å². The molecule has 4 heteroatoms. The second-order valence-electron chi connectivity index (χ2n) is 2.07. The normalized spacial score (nSPS) is 8.31. The first-order valence-corrected chi connectivity index (χ1v) is 3.64. The van der Waals surface area contributed by atoms with Gasteiger partial charge in [0.15, 0.2) is 6.29 Å². The maximum Gasteiger partial charge on any atom is 0.171 e. The van der Waals surface area contributed by atoms with E-state index in [4.69, 9.17) is 0 Å². The Kier molecular flexibility index (Phi) is 3.96. The van der Waals surface area contributed by atoms with Crippen molar-refractivity contribution in [2.75, 3.05) is 0 Å². The summed E-state index contributed by atoms with van der Waals surface area (Å²) >= 11 is 0. The molecule has 0 aliphatic rings. The molecular weight excluding hydrogens is 168 g/mol. The first-order valence-electron chi connectivity index (χ1n) is 3.64. The fraction of sp³-hybridized carbons (Fsp3) is 0. The van der Waals surface area contributed by atoms with Crippen LogP contribution >= 0.6 is 0 Å². The largest absolute Gasteiger partial charge is 0.364 e. The van der Waals surface area contributed by atoms with Crippen molar-refractivity contribution in [3.05, 3.63) is 48.6 Å². The van der Waals surface area contributed by atoms with Crippen LogP contribution in [0.25, 0.3) is 0 Å². The van der Waals surface area contributed by atoms with Gasteiger partial charge in [-0.3, -0.25) is 9.78 Å². The third kappa shape index (κ3) is 3.81. The molecule has 2 aromatic rings. The van der Waals surface area contributed by atoms with E-state index in [9.17, 15) is 4.79 Å². The van der Waals surface area contributed by atoms with Crippen LogP contribution in [0.3, 0.4) is 0 Å². The minimum Gasteiger partial charge on any atom is -0.364 e. The van der Waals surface area contributed by atoms with E-state index >= 15 is 0 Å². The van der Waals surface area contributed by atoms with Crippen LogP contribution in [0.1, 0.15) is 10.5 Å². The van der Waals surface area contributed by atoms with Crippen molar-refractivity contribution in [1.29, 1.82) is 0 Å². The zero-order valence-electron chi connectivity index (χ0n) is 6.83. The molecule has 0 fully saturated rings. The summed E-state index contributed by atoms with van der Waals surface area (Å²) in [4.78, 5) is 13.5. The van der Waals surface area contributed by atoms with Gasteiger partial charge in [0.05, 0.1) is 0 Å². The molecule has 0 saturated carbocycles. The second-order valence-corrected chi connectivity index (χ2v) is 2.07. The van der Waals surface area contributed by atoms with E-state index in [1.54, 1.807) is 12.4 Å². The molecule has 0 atom stereocenters. The molecule has 0 radical (unpaired) electrons. The zero-order valence-corrected chi connectivity index (χ0v) is 6.83. The SMILES string of the molecule is O=Cc1ccon1.c1ccncc1. The quantitative estimate of drug-likeness (QED) is 0.619. The van der Waals surface area contributed by atoms with Gasteiger partial charge in [-0.05, 0) is 12.1 Å². The summed E-state index contributed by atoms with van der Waals surface area (Å²) in [5, 5.41) is 3.29. The Bertz CT molecular complexity index is 292. The summed E-state index contributed by atoms with van der Waals surface area (Å²) in [6.07, 6.45) is 5.48. The highest BCUT2D eigenvalue weighted by Crippen LogP contribution is 1.85. The van der Waals surface area contributed by atoms with Crippen LogP contribution in [-0.4, -0.2) is 16.4 Å². The predicted octanol–water partition coefficient (Wildman–Crippen LogP) is 1.57. The lowest BCUT2D eigenvalue weighted by Crippen LogP contribution is -1.72. The fourth-order valence-electron chi connectivity index (χ4n) is 0.595. The number of rotatable bonds is 1. The number of nitrogens with zero attached hydrogens (tertiary/aromatic N) is 2. The molecule has 2 aromatic heterocycles. The first kappa shape index (κ1) is 9.12. The molecule has 0 saturated heterocycles. The Labute approximate surface area is 75.2 Å². The van der Waals surface area contributed by atoms with Crippen LogP contribution in [-0.2, 0) is 0 Å². The molecule has 0 bridgehead atoms. The zero-order chi connectivity index (χ0) is 9.36. The van der Waals surface area contributed by atoms with E-state index in [1.807, 2.05) is 18.2 Å². The van der Waals surface area contributed by atoms with E-state index in [1.165, 1.54) is 12.3 Å². The molecule has 0 unspecified atom stereocenters. The standard InChI is InChI=1S/C5H5N.C4H3NO2/c1-2-4-6-5-3-1;6-3-4-1-2-7-5-4/h1-5H;1-3H. The summed E-state index contributed by atoms with van der Waals surface area (Å²) in [5.74, 6) is 0. The average molecular weight is 176 g/mol. The van der Waals surface area contributed by atoms with Crippen LogP contribution < -0.4 is 0 Å². The summed E-state index contributed by atoms with van der Waals surface area (Å²) in [7, 11) is 0. The summed E-state index contributed by atoms with van der Waals surface area (Å²) < 4.78 is 4.32. The molecule has 4 nitrogen and oxygen atoms in total. The Balaban J connectivity index is 0.000000132. The van der Waals surface area contributed by atoms with Crippen molar-refractivity contribution in [1.82, 2.24) is 10.1 Å². The molecule has 0 aromatic carbocycles. The minimum absolute atomic E-state index is 0.333. The van der Waals surface area contributed by atoms with Gasteiger partial charge in [-0.25, -0.2) is 0 Å².